The van der Waals surface area contributed by atoms with Crippen molar-refractivity contribution < 1.29 is 9.59 Å². The minimum absolute atomic E-state index is 0.0201. The Morgan fingerprint density at radius 3 is 2.67 bits per heavy atom. The first-order chi connectivity index (χ1) is 11.4. The fourth-order valence-electron chi connectivity index (χ4n) is 2.84. The smallest absolute Gasteiger partial charge is 0.229 e. The van der Waals surface area contributed by atoms with Gasteiger partial charge in [-0.15, -0.1) is 0 Å². The molecule has 1 atom stereocenters. The predicted octanol–water partition coefficient (Wildman–Crippen LogP) is 4.06. The average Bonchev–Trinajstić information content (AvgIpc) is 2.93. The molecule has 2 amide bonds. The summed E-state index contributed by atoms with van der Waals surface area (Å²) < 4.78 is 0.913. The Bertz CT molecular complexity index is 804. The third-order valence-corrected chi connectivity index (χ3v) is 4.88. The van der Waals surface area contributed by atoms with E-state index >= 15 is 0 Å². The van der Waals surface area contributed by atoms with Crippen molar-refractivity contribution in [1.29, 1.82) is 0 Å². The van der Waals surface area contributed by atoms with Crippen LogP contribution in [-0.4, -0.2) is 18.4 Å². The van der Waals surface area contributed by atoms with Crippen molar-refractivity contribution in [2.75, 3.05) is 16.8 Å². The van der Waals surface area contributed by atoms with E-state index in [2.05, 4.69) is 21.2 Å². The molecule has 0 aromatic heterocycles. The Morgan fingerprint density at radius 1 is 1.17 bits per heavy atom. The molecule has 1 heterocycles. The zero-order valence-corrected chi connectivity index (χ0v) is 15.3. The van der Waals surface area contributed by atoms with E-state index in [9.17, 15) is 9.59 Å². The molecule has 1 unspecified atom stereocenters. The molecule has 1 aliphatic heterocycles. The van der Waals surface area contributed by atoms with Crippen LogP contribution >= 0.6 is 15.9 Å². The third kappa shape index (κ3) is 3.51. The number of anilines is 2. The van der Waals surface area contributed by atoms with E-state index in [0.717, 1.165) is 21.4 Å². The lowest BCUT2D eigenvalue weighted by molar-refractivity contribution is -0.122. The molecule has 2 aromatic carbocycles. The highest BCUT2D eigenvalue weighted by molar-refractivity contribution is 9.10. The Labute approximate surface area is 150 Å². The van der Waals surface area contributed by atoms with Gasteiger partial charge in [-0.3, -0.25) is 9.59 Å². The van der Waals surface area contributed by atoms with Crippen molar-refractivity contribution in [3.05, 3.63) is 58.1 Å². The normalized spacial score (nSPS) is 17.2. The summed E-state index contributed by atoms with van der Waals surface area (Å²) >= 11 is 3.41. The number of aryl methyl sites for hydroxylation is 2. The first kappa shape index (κ1) is 16.7. The van der Waals surface area contributed by atoms with Crippen molar-refractivity contribution >= 4 is 39.1 Å². The van der Waals surface area contributed by atoms with E-state index in [0.29, 0.717) is 6.54 Å². The van der Waals surface area contributed by atoms with Crippen LogP contribution in [0, 0.1) is 19.8 Å². The van der Waals surface area contributed by atoms with Crippen LogP contribution in [0.25, 0.3) is 0 Å². The van der Waals surface area contributed by atoms with Gasteiger partial charge >= 0.3 is 0 Å². The first-order valence-electron chi connectivity index (χ1n) is 7.88. The van der Waals surface area contributed by atoms with Crippen molar-refractivity contribution in [3.8, 4) is 0 Å². The van der Waals surface area contributed by atoms with Crippen molar-refractivity contribution in [1.82, 2.24) is 0 Å². The van der Waals surface area contributed by atoms with E-state index in [1.807, 2.05) is 56.3 Å². The van der Waals surface area contributed by atoms with Crippen LogP contribution in [-0.2, 0) is 9.59 Å². The van der Waals surface area contributed by atoms with Crippen molar-refractivity contribution in [2.24, 2.45) is 5.92 Å². The number of rotatable bonds is 3. The molecule has 0 aliphatic carbocycles. The summed E-state index contributed by atoms with van der Waals surface area (Å²) in [6.07, 6.45) is 0.239. The highest BCUT2D eigenvalue weighted by Gasteiger charge is 2.35. The van der Waals surface area contributed by atoms with Gasteiger partial charge in [0, 0.05) is 28.8 Å². The number of benzene rings is 2. The van der Waals surface area contributed by atoms with Crippen molar-refractivity contribution in [3.63, 3.8) is 0 Å². The van der Waals surface area contributed by atoms with Crippen LogP contribution in [0.4, 0.5) is 11.4 Å². The van der Waals surface area contributed by atoms with E-state index in [-0.39, 0.29) is 24.2 Å². The van der Waals surface area contributed by atoms with Gasteiger partial charge < -0.3 is 10.2 Å². The van der Waals surface area contributed by atoms with Gasteiger partial charge in [0.2, 0.25) is 11.8 Å². The number of hydrogen-bond acceptors (Lipinski definition) is 2. The fourth-order valence-corrected chi connectivity index (χ4v) is 3.23. The highest BCUT2D eigenvalue weighted by atomic mass is 79.9. The number of carbonyl (C=O) groups is 2. The molecule has 1 N–H and O–H groups in total. The molecule has 0 saturated carbocycles. The molecule has 2 aromatic rings. The second kappa shape index (κ2) is 6.77. The minimum Gasteiger partial charge on any atom is -0.326 e. The number of nitrogens with zero attached hydrogens (tertiary/aromatic N) is 1. The van der Waals surface area contributed by atoms with Gasteiger partial charge in [-0.05, 0) is 55.3 Å². The van der Waals surface area contributed by atoms with Gasteiger partial charge in [-0.25, -0.2) is 0 Å². The lowest BCUT2D eigenvalue weighted by atomic mass is 10.1. The summed E-state index contributed by atoms with van der Waals surface area (Å²) in [4.78, 5) is 26.5. The monoisotopic (exact) mass is 386 g/mol. The molecule has 1 fully saturated rings. The fraction of sp³-hybridized carbons (Fsp3) is 0.263. The summed E-state index contributed by atoms with van der Waals surface area (Å²) in [5.41, 5.74) is 3.91. The zero-order valence-electron chi connectivity index (χ0n) is 13.7. The molecular weight excluding hydrogens is 368 g/mol. The van der Waals surface area contributed by atoms with Crippen LogP contribution in [0.3, 0.4) is 0 Å². The van der Waals surface area contributed by atoms with Crippen molar-refractivity contribution in [2.45, 2.75) is 20.3 Å². The number of hydrogen-bond donors (Lipinski definition) is 1. The summed E-state index contributed by atoms with van der Waals surface area (Å²) in [6.45, 7) is 4.46. The molecule has 4 nitrogen and oxygen atoms in total. The van der Waals surface area contributed by atoms with Gasteiger partial charge in [0.25, 0.3) is 0 Å². The minimum atomic E-state index is -0.335. The lowest BCUT2D eigenvalue weighted by Gasteiger charge is -2.17. The van der Waals surface area contributed by atoms with Gasteiger partial charge in [-0.2, -0.15) is 0 Å². The van der Waals surface area contributed by atoms with E-state index in [4.69, 9.17) is 0 Å². The average molecular weight is 387 g/mol. The van der Waals surface area contributed by atoms with E-state index in [1.165, 1.54) is 5.56 Å². The SMILES string of the molecule is Cc1ccc(NC(=O)C2CC(=O)N(c3cccc(Br)c3)C2)cc1C. The summed E-state index contributed by atoms with van der Waals surface area (Å²) in [7, 11) is 0. The van der Waals surface area contributed by atoms with E-state index in [1.54, 1.807) is 4.90 Å². The Balaban J connectivity index is 1.70. The van der Waals surface area contributed by atoms with Crippen LogP contribution < -0.4 is 10.2 Å². The molecule has 24 heavy (non-hydrogen) atoms. The summed E-state index contributed by atoms with van der Waals surface area (Å²) in [5, 5.41) is 2.93. The second-order valence-corrected chi connectivity index (χ2v) is 7.09. The Kier molecular flexibility index (Phi) is 4.71. The predicted molar refractivity (Wildman–Crippen MR) is 99.1 cm³/mol. The van der Waals surface area contributed by atoms with Gasteiger partial charge in [0.1, 0.15) is 0 Å². The Hall–Kier alpha value is -2.14. The number of amides is 2. The van der Waals surface area contributed by atoms with Gasteiger partial charge in [-0.1, -0.05) is 28.1 Å². The van der Waals surface area contributed by atoms with Crippen LogP contribution in [0.5, 0.6) is 0 Å². The molecule has 0 bridgehead atoms. The third-order valence-electron chi connectivity index (χ3n) is 4.39. The maximum Gasteiger partial charge on any atom is 0.229 e. The number of carbonyl (C=O) groups excluding carboxylic acids is 2. The molecule has 1 saturated heterocycles. The highest BCUT2D eigenvalue weighted by Crippen LogP contribution is 2.28. The molecule has 1 aliphatic rings. The quantitative estimate of drug-likeness (QED) is 0.864. The second-order valence-electron chi connectivity index (χ2n) is 6.17. The van der Waals surface area contributed by atoms with Crippen LogP contribution in [0.1, 0.15) is 17.5 Å². The largest absolute Gasteiger partial charge is 0.326 e. The number of nitrogens with one attached hydrogen (secondary N) is 1. The molecule has 0 spiro atoms. The summed E-state index contributed by atoms with van der Waals surface area (Å²) in [5.74, 6) is -0.462. The lowest BCUT2D eigenvalue weighted by Crippen LogP contribution is -2.28. The first-order valence-corrected chi connectivity index (χ1v) is 8.67. The molecular formula is C19H19BrN2O2. The van der Waals surface area contributed by atoms with E-state index < -0.39 is 0 Å². The molecule has 124 valence electrons. The van der Waals surface area contributed by atoms with Gasteiger partial charge in [0.05, 0.1) is 5.92 Å². The molecule has 3 rings (SSSR count). The Morgan fingerprint density at radius 2 is 1.96 bits per heavy atom. The maximum atomic E-state index is 12.5. The van der Waals surface area contributed by atoms with Gasteiger partial charge in [0.15, 0.2) is 0 Å². The number of halogens is 1. The molecule has 5 heteroatoms. The summed E-state index contributed by atoms with van der Waals surface area (Å²) in [6, 6.07) is 13.4. The standard InChI is InChI=1S/C19H19BrN2O2/c1-12-6-7-16(8-13(12)2)21-19(24)14-9-18(23)22(11-14)17-5-3-4-15(20)10-17/h3-8,10,14H,9,11H2,1-2H3,(H,21,24). The maximum absolute atomic E-state index is 12.5. The topological polar surface area (TPSA) is 49.4 Å². The van der Waals surface area contributed by atoms with Crippen LogP contribution in [0.2, 0.25) is 0 Å². The van der Waals surface area contributed by atoms with Crippen LogP contribution in [0.15, 0.2) is 46.9 Å². The molecule has 0 radical (unpaired) electrons. The zero-order chi connectivity index (χ0) is 17.3.